The smallest absolute Gasteiger partial charge is 0.329 e. The summed E-state index contributed by atoms with van der Waals surface area (Å²) in [5, 5.41) is 2.94. The molecular weight excluding hydrogens is 286 g/mol. The van der Waals surface area contributed by atoms with Crippen molar-refractivity contribution in [2.45, 2.75) is 77.2 Å². The van der Waals surface area contributed by atoms with E-state index in [2.05, 4.69) is 5.32 Å². The minimum atomic E-state index is -0.570. The number of ether oxygens (including phenoxy) is 1. The van der Waals surface area contributed by atoms with Gasteiger partial charge in [0.25, 0.3) is 0 Å². The molecule has 1 N–H and O–H groups in total. The van der Waals surface area contributed by atoms with Crippen LogP contribution in [0.2, 0.25) is 0 Å². The average molecular weight is 315 g/mol. The van der Waals surface area contributed by atoms with Crippen molar-refractivity contribution in [2.75, 3.05) is 5.75 Å². The zero-order chi connectivity index (χ0) is 16.3. The van der Waals surface area contributed by atoms with E-state index < -0.39 is 16.4 Å². The van der Waals surface area contributed by atoms with Gasteiger partial charge in [0.05, 0.1) is 4.75 Å². The molecule has 1 heterocycles. The highest BCUT2D eigenvalue weighted by Crippen LogP contribution is 2.38. The van der Waals surface area contributed by atoms with E-state index in [4.69, 9.17) is 4.74 Å². The Bertz CT molecular complexity index is 383. The molecule has 0 bridgehead atoms. The van der Waals surface area contributed by atoms with Crippen LogP contribution in [-0.2, 0) is 14.3 Å². The Balaban J connectivity index is 2.79. The van der Waals surface area contributed by atoms with Crippen LogP contribution >= 0.6 is 11.8 Å². The third-order valence-electron chi connectivity index (χ3n) is 3.86. The maximum absolute atomic E-state index is 12.5. The van der Waals surface area contributed by atoms with Crippen molar-refractivity contribution >= 4 is 23.6 Å². The molecule has 0 saturated carbocycles. The Morgan fingerprint density at radius 3 is 2.43 bits per heavy atom. The minimum absolute atomic E-state index is 0.0406. The fraction of sp³-hybridized carbons (Fsp3) is 0.875. The van der Waals surface area contributed by atoms with Crippen LogP contribution in [0.15, 0.2) is 0 Å². The van der Waals surface area contributed by atoms with E-state index in [1.165, 1.54) is 0 Å². The molecule has 1 aliphatic heterocycles. The first-order valence-electron chi connectivity index (χ1n) is 7.77. The van der Waals surface area contributed by atoms with Crippen molar-refractivity contribution in [1.82, 2.24) is 5.32 Å². The largest absolute Gasteiger partial charge is 0.458 e. The zero-order valence-corrected chi connectivity index (χ0v) is 14.9. The van der Waals surface area contributed by atoms with Crippen molar-refractivity contribution in [2.24, 2.45) is 5.92 Å². The van der Waals surface area contributed by atoms with Gasteiger partial charge in [-0.15, -0.1) is 11.8 Å². The minimum Gasteiger partial charge on any atom is -0.458 e. The SMILES string of the molecule is CC[C@H](C)[C@H](NC(=O)C1(C)CCCS1)C(=O)OC(C)(C)C. The molecule has 5 heteroatoms. The summed E-state index contributed by atoms with van der Waals surface area (Å²) in [4.78, 5) is 24.9. The van der Waals surface area contributed by atoms with Crippen LogP contribution in [0, 0.1) is 5.92 Å². The molecule has 0 aliphatic carbocycles. The molecule has 4 nitrogen and oxygen atoms in total. The first-order valence-corrected chi connectivity index (χ1v) is 8.75. The Kier molecular flexibility index (Phi) is 6.14. The molecular formula is C16H29NO3S. The lowest BCUT2D eigenvalue weighted by Gasteiger charge is -2.30. The first-order chi connectivity index (χ1) is 9.59. The molecule has 1 saturated heterocycles. The molecule has 21 heavy (non-hydrogen) atoms. The third kappa shape index (κ3) is 5.20. The molecule has 0 aromatic heterocycles. The Labute approximate surface area is 132 Å². The van der Waals surface area contributed by atoms with Gasteiger partial charge in [-0.1, -0.05) is 20.3 Å². The molecule has 1 fully saturated rings. The van der Waals surface area contributed by atoms with Gasteiger partial charge in [-0.2, -0.15) is 0 Å². The van der Waals surface area contributed by atoms with E-state index >= 15 is 0 Å². The monoisotopic (exact) mass is 315 g/mol. The quantitative estimate of drug-likeness (QED) is 0.792. The number of carbonyl (C=O) groups excluding carboxylic acids is 2. The highest BCUT2D eigenvalue weighted by molar-refractivity contribution is 8.01. The van der Waals surface area contributed by atoms with Crippen molar-refractivity contribution in [3.8, 4) is 0 Å². The van der Waals surface area contributed by atoms with E-state index in [1.807, 2.05) is 41.5 Å². The Hall–Kier alpha value is -0.710. The van der Waals surface area contributed by atoms with E-state index in [1.54, 1.807) is 11.8 Å². The molecule has 1 aliphatic rings. The summed E-state index contributed by atoms with van der Waals surface area (Å²) in [6, 6.07) is -0.570. The second-order valence-corrected chi connectivity index (χ2v) is 8.65. The molecule has 0 radical (unpaired) electrons. The Morgan fingerprint density at radius 1 is 1.38 bits per heavy atom. The van der Waals surface area contributed by atoms with Gasteiger partial charge in [-0.3, -0.25) is 4.79 Å². The summed E-state index contributed by atoms with van der Waals surface area (Å²) in [7, 11) is 0. The maximum Gasteiger partial charge on any atom is 0.329 e. The van der Waals surface area contributed by atoms with Crippen LogP contribution in [0.25, 0.3) is 0 Å². The van der Waals surface area contributed by atoms with Gasteiger partial charge in [0.2, 0.25) is 5.91 Å². The van der Waals surface area contributed by atoms with Crippen LogP contribution in [0.3, 0.4) is 0 Å². The molecule has 3 atom stereocenters. The van der Waals surface area contributed by atoms with Gasteiger partial charge in [0.1, 0.15) is 11.6 Å². The lowest BCUT2D eigenvalue weighted by Crippen LogP contribution is -2.52. The Morgan fingerprint density at radius 2 is 2.00 bits per heavy atom. The van der Waals surface area contributed by atoms with Crippen molar-refractivity contribution in [3.63, 3.8) is 0 Å². The van der Waals surface area contributed by atoms with Gasteiger partial charge in [0.15, 0.2) is 0 Å². The lowest BCUT2D eigenvalue weighted by molar-refractivity contribution is -0.160. The lowest BCUT2D eigenvalue weighted by atomic mass is 9.97. The van der Waals surface area contributed by atoms with Crippen molar-refractivity contribution in [3.05, 3.63) is 0 Å². The number of amides is 1. The first kappa shape index (κ1) is 18.3. The van der Waals surface area contributed by atoms with Crippen LogP contribution < -0.4 is 5.32 Å². The van der Waals surface area contributed by atoms with Crippen molar-refractivity contribution < 1.29 is 14.3 Å². The summed E-state index contributed by atoms with van der Waals surface area (Å²) < 4.78 is 5.05. The number of thioether (sulfide) groups is 1. The van der Waals surface area contributed by atoms with E-state index in [0.717, 1.165) is 25.0 Å². The molecule has 0 aromatic rings. The fourth-order valence-electron chi connectivity index (χ4n) is 2.29. The van der Waals surface area contributed by atoms with Crippen LogP contribution in [0.5, 0.6) is 0 Å². The summed E-state index contributed by atoms with van der Waals surface area (Å²) in [6.07, 6.45) is 2.73. The van der Waals surface area contributed by atoms with E-state index in [9.17, 15) is 9.59 Å². The molecule has 122 valence electrons. The predicted octanol–water partition coefficient (Wildman–Crippen LogP) is 3.14. The van der Waals surface area contributed by atoms with Crippen LogP contribution in [-0.4, -0.2) is 34.0 Å². The normalized spacial score (nSPS) is 25.2. The second kappa shape index (κ2) is 7.03. The van der Waals surface area contributed by atoms with Gasteiger partial charge >= 0.3 is 5.97 Å². The number of rotatable bonds is 5. The van der Waals surface area contributed by atoms with Gasteiger partial charge in [-0.05, 0) is 52.2 Å². The highest BCUT2D eigenvalue weighted by Gasteiger charge is 2.40. The summed E-state index contributed by atoms with van der Waals surface area (Å²) in [5.74, 6) is 0.682. The van der Waals surface area contributed by atoms with E-state index in [-0.39, 0.29) is 17.8 Å². The van der Waals surface area contributed by atoms with E-state index in [0.29, 0.717) is 0 Å². The fourth-order valence-corrected chi connectivity index (χ4v) is 3.50. The summed E-state index contributed by atoms with van der Waals surface area (Å²) >= 11 is 1.67. The molecule has 1 amide bonds. The van der Waals surface area contributed by atoms with Gasteiger partial charge in [-0.25, -0.2) is 4.79 Å². The number of nitrogens with one attached hydrogen (secondary N) is 1. The average Bonchev–Trinajstić information content (AvgIpc) is 2.80. The third-order valence-corrected chi connectivity index (χ3v) is 5.38. The molecule has 1 rings (SSSR count). The van der Waals surface area contributed by atoms with Crippen molar-refractivity contribution in [1.29, 1.82) is 0 Å². The number of esters is 1. The number of hydrogen-bond acceptors (Lipinski definition) is 4. The topological polar surface area (TPSA) is 55.4 Å². The second-order valence-electron chi connectivity index (χ2n) is 7.05. The number of carbonyl (C=O) groups is 2. The zero-order valence-electron chi connectivity index (χ0n) is 14.1. The summed E-state index contributed by atoms with van der Waals surface area (Å²) in [6.45, 7) is 11.5. The highest BCUT2D eigenvalue weighted by atomic mass is 32.2. The molecule has 0 spiro atoms. The predicted molar refractivity (Wildman–Crippen MR) is 87.3 cm³/mol. The number of hydrogen-bond donors (Lipinski definition) is 1. The van der Waals surface area contributed by atoms with Crippen LogP contribution in [0.1, 0.15) is 60.8 Å². The summed E-state index contributed by atoms with van der Waals surface area (Å²) in [5.41, 5.74) is -0.542. The molecule has 0 aromatic carbocycles. The van der Waals surface area contributed by atoms with Gasteiger partial charge < -0.3 is 10.1 Å². The standard InChI is InChI=1S/C16H29NO3S/c1-7-11(2)12(13(18)20-15(3,4)5)17-14(19)16(6)9-8-10-21-16/h11-12H,7-10H2,1-6H3,(H,17,19)/t11-,12-,16?/m0/s1. The van der Waals surface area contributed by atoms with Crippen LogP contribution in [0.4, 0.5) is 0 Å². The maximum atomic E-state index is 12.5. The van der Waals surface area contributed by atoms with Gasteiger partial charge in [0, 0.05) is 0 Å². The molecule has 1 unspecified atom stereocenters.